The third-order valence-electron chi connectivity index (χ3n) is 11.8. The van der Waals surface area contributed by atoms with Gasteiger partial charge in [0.2, 0.25) is 0 Å². The largest absolute Gasteiger partial charge is 0.457 e. The van der Waals surface area contributed by atoms with E-state index < -0.39 is 5.92 Å². The van der Waals surface area contributed by atoms with Crippen LogP contribution in [-0.4, -0.2) is 20.9 Å². The Morgan fingerprint density at radius 2 is 1.12 bits per heavy atom. The molecule has 0 radical (unpaired) electrons. The molecule has 3 heterocycles. The topological polar surface area (TPSA) is 82.3 Å². The van der Waals surface area contributed by atoms with E-state index in [1.807, 2.05) is 133 Å². The number of fused-ring (bicyclic) bond motifs is 10. The summed E-state index contributed by atoms with van der Waals surface area (Å²) in [5.74, 6) is 2.01. The maximum Gasteiger partial charge on any atom is 0.264 e. The van der Waals surface area contributed by atoms with Crippen molar-refractivity contribution in [2.75, 3.05) is 0 Å². The van der Waals surface area contributed by atoms with E-state index in [9.17, 15) is 9.59 Å². The Hall–Kier alpha value is -7.64. The number of pyridine rings is 1. The van der Waals surface area contributed by atoms with Crippen molar-refractivity contribution >= 4 is 87.7 Å². The number of carbonyl (C=O) groups excluding carboxylic acids is 1. The monoisotopic (exact) mass is 719 g/mol. The van der Waals surface area contributed by atoms with Gasteiger partial charge in [0, 0.05) is 43.4 Å². The fraction of sp³-hybridized carbons (Fsp3) is 0.0204. The number of hydrogen-bond donors (Lipinski definition) is 0. The molecular weight excluding hydrogens is 695 g/mol. The van der Waals surface area contributed by atoms with Crippen molar-refractivity contribution in [3.05, 3.63) is 173 Å². The van der Waals surface area contributed by atoms with Gasteiger partial charge in [-0.2, -0.15) is 0 Å². The minimum absolute atomic E-state index is 0.0342. The Labute approximate surface area is 317 Å². The number of Topliss-reactive ketones (excluding diaryl/α,β-unsaturated/α-hetero) is 1. The van der Waals surface area contributed by atoms with Gasteiger partial charge in [-0.25, -0.2) is 4.98 Å². The first-order chi connectivity index (χ1) is 27.6. The molecule has 1 atom stereocenters. The van der Waals surface area contributed by atoms with Crippen LogP contribution >= 0.6 is 0 Å². The maximum atomic E-state index is 14.9. The number of carbonyl (C=O) groups is 1. The lowest BCUT2D eigenvalue weighted by molar-refractivity contribution is 0.0984. The van der Waals surface area contributed by atoms with Gasteiger partial charge in [0.05, 0.1) is 33.7 Å². The number of aromatic nitrogens is 2. The van der Waals surface area contributed by atoms with Crippen LogP contribution in [0.5, 0.6) is 23.0 Å². The van der Waals surface area contributed by atoms with Crippen LogP contribution < -0.4 is 15.0 Å². The molecular formula is C49H25N3O4. The van der Waals surface area contributed by atoms with Crippen LogP contribution in [0.25, 0.3) is 70.5 Å². The van der Waals surface area contributed by atoms with Gasteiger partial charge in [-0.3, -0.25) is 19.0 Å². The first-order valence-electron chi connectivity index (χ1n) is 18.6. The molecule has 260 valence electrons. The zero-order chi connectivity index (χ0) is 36.8. The number of para-hydroxylation sites is 5. The number of rotatable bonds is 4. The van der Waals surface area contributed by atoms with Crippen LogP contribution in [0.15, 0.2) is 155 Å². The van der Waals surface area contributed by atoms with E-state index in [0.29, 0.717) is 39.6 Å². The molecule has 2 aliphatic rings. The predicted octanol–water partition coefficient (Wildman–Crippen LogP) is 11.5. The molecule has 1 unspecified atom stereocenters. The van der Waals surface area contributed by atoms with Crippen LogP contribution in [0.4, 0.5) is 5.69 Å². The lowest BCUT2D eigenvalue weighted by atomic mass is 9.75. The van der Waals surface area contributed by atoms with Crippen LogP contribution in [-0.2, 0) is 0 Å². The molecule has 0 spiro atoms. The highest BCUT2D eigenvalue weighted by Crippen LogP contribution is 2.54. The van der Waals surface area contributed by atoms with E-state index in [1.165, 1.54) is 0 Å². The van der Waals surface area contributed by atoms with E-state index in [1.54, 1.807) is 4.40 Å². The van der Waals surface area contributed by atoms with Gasteiger partial charge in [0.25, 0.3) is 5.56 Å². The molecule has 0 saturated heterocycles. The highest BCUT2D eigenvalue weighted by molar-refractivity contribution is 6.45. The van der Waals surface area contributed by atoms with Crippen molar-refractivity contribution < 1.29 is 14.3 Å². The molecule has 0 saturated carbocycles. The SMILES string of the molecule is O=C1c2ccc3c4c(Oc5ccccc5)cc5c6c(cc(Oc7ccccc7)c(c7ccc(c2c73)C2=Nc3ccccc3C12)c46)c(=O)n1c2ccccc2nc51. The second kappa shape index (κ2) is 10.5. The Kier molecular flexibility index (Phi) is 5.59. The minimum atomic E-state index is -0.459. The van der Waals surface area contributed by atoms with Crippen LogP contribution in [0.3, 0.4) is 0 Å². The maximum absolute atomic E-state index is 14.9. The normalized spacial score (nSPS) is 14.8. The highest BCUT2D eigenvalue weighted by atomic mass is 16.5. The Balaban J connectivity index is 1.26. The zero-order valence-corrected chi connectivity index (χ0v) is 29.4. The summed E-state index contributed by atoms with van der Waals surface area (Å²) in [5.41, 5.74) is 5.97. The molecule has 56 heavy (non-hydrogen) atoms. The number of nitrogens with zero attached hydrogens (tertiary/aromatic N) is 3. The minimum Gasteiger partial charge on any atom is -0.457 e. The number of imidazole rings is 1. The molecule has 1 aliphatic heterocycles. The average molecular weight is 720 g/mol. The third-order valence-corrected chi connectivity index (χ3v) is 11.8. The smallest absolute Gasteiger partial charge is 0.264 e. The van der Waals surface area contributed by atoms with E-state index in [4.69, 9.17) is 19.5 Å². The molecule has 7 heteroatoms. The Bertz CT molecular complexity index is 3610. The van der Waals surface area contributed by atoms with E-state index in [0.717, 1.165) is 82.0 Å². The van der Waals surface area contributed by atoms with Gasteiger partial charge in [0.15, 0.2) is 5.78 Å². The Morgan fingerprint density at radius 1 is 0.518 bits per heavy atom. The fourth-order valence-electron chi connectivity index (χ4n) is 9.53. The van der Waals surface area contributed by atoms with Crippen molar-refractivity contribution in [2.24, 2.45) is 4.99 Å². The first-order valence-corrected chi connectivity index (χ1v) is 18.6. The van der Waals surface area contributed by atoms with E-state index >= 15 is 0 Å². The second-order valence-electron chi connectivity index (χ2n) is 14.7. The lowest BCUT2D eigenvalue weighted by Gasteiger charge is -2.26. The molecule has 11 aromatic rings. The predicted molar refractivity (Wildman–Crippen MR) is 222 cm³/mol. The standard InChI is InChI=1S/C49H25N3O4/c53-47-31-22-20-29-39-28(19-21-30(40(31)39)46-44(47)27-15-7-8-16-34(27)50-46)43-38(56-26-13-5-2-6-14-26)24-33-41-32(48-51-35-17-9-10-18-36(35)52(48)49(33)54)23-37(42(29)45(41)43)55-25-11-3-1-4-12-25/h1-24,44H. The van der Waals surface area contributed by atoms with Crippen molar-refractivity contribution in [1.82, 2.24) is 9.38 Å². The van der Waals surface area contributed by atoms with Gasteiger partial charge < -0.3 is 9.47 Å². The molecule has 0 fully saturated rings. The van der Waals surface area contributed by atoms with Gasteiger partial charge in [-0.1, -0.05) is 91.0 Å². The summed E-state index contributed by atoms with van der Waals surface area (Å²) in [6, 6.07) is 47.1. The molecule has 0 bridgehead atoms. The molecule has 0 N–H and O–H groups in total. The van der Waals surface area contributed by atoms with Crippen LogP contribution in [0.1, 0.15) is 27.4 Å². The van der Waals surface area contributed by atoms with Crippen molar-refractivity contribution in [3.8, 4) is 23.0 Å². The summed E-state index contributed by atoms with van der Waals surface area (Å²) in [7, 11) is 0. The number of ether oxygens (including phenoxy) is 2. The molecule has 2 aromatic heterocycles. The van der Waals surface area contributed by atoms with E-state index in [2.05, 4.69) is 12.1 Å². The van der Waals surface area contributed by atoms with Gasteiger partial charge in [-0.05, 0) is 76.3 Å². The molecule has 9 aromatic carbocycles. The quantitative estimate of drug-likeness (QED) is 0.134. The molecule has 7 nitrogen and oxygen atoms in total. The Morgan fingerprint density at radius 3 is 1.86 bits per heavy atom. The molecule has 1 aliphatic carbocycles. The second-order valence-corrected chi connectivity index (χ2v) is 14.7. The fourth-order valence-corrected chi connectivity index (χ4v) is 9.53. The van der Waals surface area contributed by atoms with Gasteiger partial charge in [0.1, 0.15) is 28.6 Å². The summed E-state index contributed by atoms with van der Waals surface area (Å²) in [6.07, 6.45) is 0. The number of benzene rings is 9. The van der Waals surface area contributed by atoms with Crippen molar-refractivity contribution in [2.45, 2.75) is 5.92 Å². The van der Waals surface area contributed by atoms with Crippen LogP contribution in [0.2, 0.25) is 0 Å². The highest BCUT2D eigenvalue weighted by Gasteiger charge is 2.41. The number of ketones is 1. The molecule has 13 rings (SSSR count). The third kappa shape index (κ3) is 3.71. The number of hydrogen-bond acceptors (Lipinski definition) is 6. The summed E-state index contributed by atoms with van der Waals surface area (Å²) in [6.45, 7) is 0. The first kappa shape index (κ1) is 29.8. The van der Waals surface area contributed by atoms with Gasteiger partial charge >= 0.3 is 0 Å². The van der Waals surface area contributed by atoms with Crippen molar-refractivity contribution in [3.63, 3.8) is 0 Å². The zero-order valence-electron chi connectivity index (χ0n) is 29.4. The average Bonchev–Trinajstić information content (AvgIpc) is 3.83. The van der Waals surface area contributed by atoms with E-state index in [-0.39, 0.29) is 11.3 Å². The summed E-state index contributed by atoms with van der Waals surface area (Å²) in [4.78, 5) is 39.6. The van der Waals surface area contributed by atoms with Gasteiger partial charge in [-0.15, -0.1) is 0 Å². The lowest BCUT2D eigenvalue weighted by Crippen LogP contribution is -2.25. The summed E-state index contributed by atoms with van der Waals surface area (Å²) in [5, 5.41) is 8.16. The number of aliphatic imine (C=N–C) groups is 1. The summed E-state index contributed by atoms with van der Waals surface area (Å²) < 4.78 is 15.4. The van der Waals surface area contributed by atoms with Crippen molar-refractivity contribution in [1.29, 1.82) is 0 Å². The summed E-state index contributed by atoms with van der Waals surface area (Å²) >= 11 is 0. The van der Waals surface area contributed by atoms with Crippen LogP contribution in [0, 0.1) is 0 Å². The molecule has 0 amide bonds.